The molecular formula is C17H21N3O2. The van der Waals surface area contributed by atoms with Gasteiger partial charge in [-0.15, -0.1) is 0 Å². The molecule has 3 rings (SSSR count). The van der Waals surface area contributed by atoms with Crippen LogP contribution < -0.4 is 5.32 Å². The van der Waals surface area contributed by atoms with Crippen molar-refractivity contribution in [3.63, 3.8) is 0 Å². The minimum atomic E-state index is -0.0213. The zero-order chi connectivity index (χ0) is 15.4. The fourth-order valence-electron chi connectivity index (χ4n) is 3.02. The molecule has 1 aromatic carbocycles. The maximum absolute atomic E-state index is 12.0. The van der Waals surface area contributed by atoms with Gasteiger partial charge in [-0.1, -0.05) is 35.5 Å². The van der Waals surface area contributed by atoms with Crippen molar-refractivity contribution in [2.24, 2.45) is 0 Å². The van der Waals surface area contributed by atoms with Crippen LogP contribution in [0.25, 0.3) is 0 Å². The van der Waals surface area contributed by atoms with Crippen molar-refractivity contribution < 1.29 is 9.32 Å². The molecule has 116 valence electrons. The van der Waals surface area contributed by atoms with Crippen molar-refractivity contribution in [1.29, 1.82) is 0 Å². The Morgan fingerprint density at radius 1 is 1.41 bits per heavy atom. The lowest BCUT2D eigenvalue weighted by atomic mass is 10.0. The van der Waals surface area contributed by atoms with Crippen LogP contribution in [0.4, 0.5) is 5.82 Å². The molecule has 5 nitrogen and oxygen atoms in total. The van der Waals surface area contributed by atoms with Crippen LogP contribution in [0.1, 0.15) is 36.6 Å². The molecule has 1 atom stereocenters. The summed E-state index contributed by atoms with van der Waals surface area (Å²) in [6, 6.07) is 12.7. The summed E-state index contributed by atoms with van der Waals surface area (Å²) < 4.78 is 4.94. The van der Waals surface area contributed by atoms with E-state index in [9.17, 15) is 4.79 Å². The Hall–Kier alpha value is -2.14. The molecule has 0 radical (unpaired) electrons. The monoisotopic (exact) mass is 299 g/mol. The van der Waals surface area contributed by atoms with Crippen molar-refractivity contribution >= 4 is 11.7 Å². The molecule has 1 aliphatic rings. The molecule has 0 aliphatic carbocycles. The number of aromatic nitrogens is 1. The summed E-state index contributed by atoms with van der Waals surface area (Å²) in [5.41, 5.74) is 1.34. The van der Waals surface area contributed by atoms with E-state index in [0.717, 1.165) is 19.5 Å². The van der Waals surface area contributed by atoms with Gasteiger partial charge >= 0.3 is 0 Å². The molecule has 2 aromatic rings. The number of carbonyl (C=O) groups is 1. The molecular weight excluding hydrogens is 278 g/mol. The first-order valence-corrected chi connectivity index (χ1v) is 7.74. The van der Waals surface area contributed by atoms with Crippen LogP contribution in [0, 0.1) is 6.92 Å². The smallest absolute Gasteiger partial charge is 0.226 e. The van der Waals surface area contributed by atoms with E-state index in [1.807, 2.05) is 6.07 Å². The number of amides is 1. The van der Waals surface area contributed by atoms with Crippen molar-refractivity contribution in [2.75, 3.05) is 18.4 Å². The number of carbonyl (C=O) groups excluding carboxylic acids is 1. The van der Waals surface area contributed by atoms with Crippen LogP contribution in [0.15, 0.2) is 40.9 Å². The summed E-state index contributed by atoms with van der Waals surface area (Å²) in [5.74, 6) is 1.16. The van der Waals surface area contributed by atoms with Crippen molar-refractivity contribution in [3.05, 3.63) is 47.7 Å². The third-order valence-electron chi connectivity index (χ3n) is 4.07. The Bertz CT molecular complexity index is 624. The second kappa shape index (κ2) is 6.75. The van der Waals surface area contributed by atoms with Gasteiger partial charge in [0.15, 0.2) is 5.82 Å². The Labute approximate surface area is 130 Å². The molecule has 2 heterocycles. The molecule has 1 aromatic heterocycles. The number of hydrogen-bond donors (Lipinski definition) is 1. The third-order valence-corrected chi connectivity index (χ3v) is 4.07. The van der Waals surface area contributed by atoms with Crippen LogP contribution in [0.3, 0.4) is 0 Å². The molecule has 1 aliphatic heterocycles. The Morgan fingerprint density at radius 2 is 2.23 bits per heavy atom. The standard InChI is InChI=1S/C17H21N3O2/c1-13-12-16(19-22-13)18-17(21)9-11-20-10-5-8-15(20)14-6-3-2-4-7-14/h2-4,6-7,12,15H,5,8-11H2,1H3,(H,18,19,21). The van der Waals surface area contributed by atoms with Gasteiger partial charge < -0.3 is 9.84 Å². The first-order chi connectivity index (χ1) is 10.7. The number of hydrogen-bond acceptors (Lipinski definition) is 4. The topological polar surface area (TPSA) is 58.4 Å². The average Bonchev–Trinajstić information content (AvgIpc) is 3.15. The highest BCUT2D eigenvalue weighted by molar-refractivity contribution is 5.89. The highest BCUT2D eigenvalue weighted by atomic mass is 16.5. The molecule has 1 unspecified atom stereocenters. The number of aryl methyl sites for hydroxylation is 1. The average molecular weight is 299 g/mol. The van der Waals surface area contributed by atoms with E-state index in [2.05, 4.69) is 39.6 Å². The van der Waals surface area contributed by atoms with Crippen LogP contribution in [-0.2, 0) is 4.79 Å². The summed E-state index contributed by atoms with van der Waals surface area (Å²) in [6.45, 7) is 3.62. The Morgan fingerprint density at radius 3 is 2.95 bits per heavy atom. The predicted octanol–water partition coefficient (Wildman–Crippen LogP) is 3.15. The van der Waals surface area contributed by atoms with Crippen LogP contribution >= 0.6 is 0 Å². The summed E-state index contributed by atoms with van der Waals surface area (Å²) in [4.78, 5) is 14.4. The van der Waals surface area contributed by atoms with Crippen molar-refractivity contribution in [3.8, 4) is 0 Å². The number of likely N-dealkylation sites (tertiary alicyclic amines) is 1. The van der Waals surface area contributed by atoms with E-state index in [-0.39, 0.29) is 5.91 Å². The van der Waals surface area contributed by atoms with Gasteiger partial charge in [0.2, 0.25) is 5.91 Å². The van der Waals surface area contributed by atoms with E-state index in [1.165, 1.54) is 12.0 Å². The van der Waals surface area contributed by atoms with Crippen molar-refractivity contribution in [2.45, 2.75) is 32.2 Å². The van der Waals surface area contributed by atoms with Gasteiger partial charge in [-0.3, -0.25) is 9.69 Å². The van der Waals surface area contributed by atoms with Crippen LogP contribution in [0.2, 0.25) is 0 Å². The second-order valence-electron chi connectivity index (χ2n) is 5.73. The minimum Gasteiger partial charge on any atom is -0.360 e. The van der Waals surface area contributed by atoms with E-state index < -0.39 is 0 Å². The first-order valence-electron chi connectivity index (χ1n) is 7.74. The van der Waals surface area contributed by atoms with Gasteiger partial charge in [0.05, 0.1) is 0 Å². The Kier molecular flexibility index (Phi) is 4.53. The number of rotatable bonds is 5. The van der Waals surface area contributed by atoms with Gasteiger partial charge in [-0.05, 0) is 31.9 Å². The van der Waals surface area contributed by atoms with Gasteiger partial charge in [-0.2, -0.15) is 0 Å². The summed E-state index contributed by atoms with van der Waals surface area (Å²) in [6.07, 6.45) is 2.81. The van der Waals surface area contributed by atoms with Crippen LogP contribution in [-0.4, -0.2) is 29.1 Å². The normalized spacial score (nSPS) is 18.5. The van der Waals surface area contributed by atoms with E-state index >= 15 is 0 Å². The zero-order valence-electron chi connectivity index (χ0n) is 12.8. The summed E-state index contributed by atoms with van der Waals surface area (Å²) >= 11 is 0. The quantitative estimate of drug-likeness (QED) is 0.921. The van der Waals surface area contributed by atoms with E-state index in [4.69, 9.17) is 4.52 Å². The maximum atomic E-state index is 12.0. The highest BCUT2D eigenvalue weighted by Gasteiger charge is 2.25. The van der Waals surface area contributed by atoms with Gasteiger partial charge in [0.1, 0.15) is 5.76 Å². The minimum absolute atomic E-state index is 0.0213. The second-order valence-corrected chi connectivity index (χ2v) is 5.73. The highest BCUT2D eigenvalue weighted by Crippen LogP contribution is 2.31. The third kappa shape index (κ3) is 3.54. The fourth-order valence-corrected chi connectivity index (χ4v) is 3.02. The van der Waals surface area contributed by atoms with Gasteiger partial charge in [0, 0.05) is 25.1 Å². The van der Waals surface area contributed by atoms with Crippen molar-refractivity contribution in [1.82, 2.24) is 10.1 Å². The number of nitrogens with one attached hydrogen (secondary N) is 1. The first kappa shape index (κ1) is 14.8. The van der Waals surface area contributed by atoms with Gasteiger partial charge in [0.25, 0.3) is 0 Å². The fraction of sp³-hybridized carbons (Fsp3) is 0.412. The molecule has 22 heavy (non-hydrogen) atoms. The lowest BCUT2D eigenvalue weighted by Crippen LogP contribution is -2.27. The maximum Gasteiger partial charge on any atom is 0.226 e. The molecule has 0 spiro atoms. The molecule has 1 fully saturated rings. The summed E-state index contributed by atoms with van der Waals surface area (Å²) in [5, 5.41) is 6.55. The SMILES string of the molecule is Cc1cc(NC(=O)CCN2CCCC2c2ccccc2)no1. The number of nitrogens with zero attached hydrogens (tertiary/aromatic N) is 2. The molecule has 1 saturated heterocycles. The summed E-state index contributed by atoms with van der Waals surface area (Å²) in [7, 11) is 0. The molecule has 1 N–H and O–H groups in total. The zero-order valence-corrected chi connectivity index (χ0v) is 12.8. The number of benzene rings is 1. The molecule has 1 amide bonds. The van der Waals surface area contributed by atoms with E-state index in [1.54, 1.807) is 13.0 Å². The number of anilines is 1. The van der Waals surface area contributed by atoms with Crippen LogP contribution in [0.5, 0.6) is 0 Å². The molecule has 0 bridgehead atoms. The molecule has 5 heteroatoms. The predicted molar refractivity (Wildman–Crippen MR) is 84.5 cm³/mol. The van der Waals surface area contributed by atoms with Gasteiger partial charge in [-0.25, -0.2) is 0 Å². The molecule has 0 saturated carbocycles. The lowest BCUT2D eigenvalue weighted by molar-refractivity contribution is -0.116. The Balaban J connectivity index is 1.53. The van der Waals surface area contributed by atoms with E-state index in [0.29, 0.717) is 24.0 Å². The lowest BCUT2D eigenvalue weighted by Gasteiger charge is -2.24. The largest absolute Gasteiger partial charge is 0.360 e.